The summed E-state index contributed by atoms with van der Waals surface area (Å²) in [4.78, 5) is 0. The van der Waals surface area contributed by atoms with Gasteiger partial charge < -0.3 is 24.1 Å². The highest BCUT2D eigenvalue weighted by Crippen LogP contribution is 2.29. The molecule has 29 heavy (non-hydrogen) atoms. The lowest BCUT2D eigenvalue weighted by Gasteiger charge is -2.13. The largest absolute Gasteiger partial charge is 0.496 e. The average molecular weight is 396 g/mol. The number of ether oxygens (including phenoxy) is 3. The molecule has 0 atom stereocenters. The molecule has 0 aliphatic carbocycles. The maximum atomic E-state index is 5.94. The fourth-order valence-corrected chi connectivity index (χ4v) is 3.12. The first kappa shape index (κ1) is 20.7. The summed E-state index contributed by atoms with van der Waals surface area (Å²) >= 11 is 0. The Morgan fingerprint density at radius 1 is 0.862 bits per heavy atom. The van der Waals surface area contributed by atoms with Crippen molar-refractivity contribution in [1.82, 2.24) is 10.5 Å². The van der Waals surface area contributed by atoms with Gasteiger partial charge in [-0.05, 0) is 55.7 Å². The number of nitrogens with one attached hydrogen (secondary N) is 1. The minimum atomic E-state index is 0.393. The van der Waals surface area contributed by atoms with Crippen molar-refractivity contribution in [2.24, 2.45) is 0 Å². The van der Waals surface area contributed by atoms with Crippen molar-refractivity contribution >= 4 is 0 Å². The lowest BCUT2D eigenvalue weighted by Crippen LogP contribution is -2.13. The van der Waals surface area contributed by atoms with Crippen molar-refractivity contribution in [3.63, 3.8) is 0 Å². The van der Waals surface area contributed by atoms with Gasteiger partial charge in [-0.15, -0.1) is 0 Å². The zero-order valence-electron chi connectivity index (χ0n) is 17.7. The van der Waals surface area contributed by atoms with Crippen LogP contribution in [0.5, 0.6) is 17.2 Å². The third-order valence-corrected chi connectivity index (χ3v) is 4.91. The summed E-state index contributed by atoms with van der Waals surface area (Å²) in [6, 6.07) is 12.2. The number of hydrogen-bond acceptors (Lipinski definition) is 6. The average Bonchev–Trinajstić information content (AvgIpc) is 3.05. The van der Waals surface area contributed by atoms with Gasteiger partial charge in [0.15, 0.2) is 11.5 Å². The molecular formula is C23H28N2O4. The van der Waals surface area contributed by atoms with E-state index in [1.807, 2.05) is 39.0 Å². The molecular weight excluding hydrogens is 368 g/mol. The molecule has 3 aromatic rings. The van der Waals surface area contributed by atoms with Gasteiger partial charge in [0, 0.05) is 13.1 Å². The molecule has 0 fully saturated rings. The number of benzene rings is 2. The summed E-state index contributed by atoms with van der Waals surface area (Å²) < 4.78 is 22.0. The molecule has 0 bridgehead atoms. The van der Waals surface area contributed by atoms with Crippen molar-refractivity contribution < 1.29 is 18.7 Å². The predicted octanol–water partition coefficient (Wildman–Crippen LogP) is 4.49. The second-order valence-corrected chi connectivity index (χ2v) is 6.98. The van der Waals surface area contributed by atoms with E-state index in [2.05, 4.69) is 28.7 Å². The van der Waals surface area contributed by atoms with E-state index in [4.69, 9.17) is 18.7 Å². The van der Waals surface area contributed by atoms with Crippen molar-refractivity contribution in [3.8, 4) is 17.2 Å². The molecule has 1 heterocycles. The fourth-order valence-electron chi connectivity index (χ4n) is 3.12. The summed E-state index contributed by atoms with van der Waals surface area (Å²) in [6.07, 6.45) is 0. The van der Waals surface area contributed by atoms with Crippen LogP contribution in [0.25, 0.3) is 0 Å². The van der Waals surface area contributed by atoms with Crippen LogP contribution in [0.2, 0.25) is 0 Å². The van der Waals surface area contributed by atoms with E-state index in [-0.39, 0.29) is 0 Å². The third-order valence-electron chi connectivity index (χ3n) is 4.91. The maximum absolute atomic E-state index is 5.94. The lowest BCUT2D eigenvalue weighted by molar-refractivity contribution is 0.281. The van der Waals surface area contributed by atoms with Crippen molar-refractivity contribution in [3.05, 3.63) is 70.1 Å². The van der Waals surface area contributed by atoms with Crippen molar-refractivity contribution in [1.29, 1.82) is 0 Å². The van der Waals surface area contributed by atoms with E-state index < -0.39 is 0 Å². The highest BCUT2D eigenvalue weighted by atomic mass is 16.5. The van der Waals surface area contributed by atoms with Crippen LogP contribution < -0.4 is 19.5 Å². The van der Waals surface area contributed by atoms with Gasteiger partial charge in [-0.25, -0.2) is 0 Å². The smallest absolute Gasteiger partial charge is 0.161 e. The van der Waals surface area contributed by atoms with Gasteiger partial charge in [0.05, 0.1) is 25.5 Å². The van der Waals surface area contributed by atoms with Gasteiger partial charge in [-0.1, -0.05) is 23.4 Å². The highest BCUT2D eigenvalue weighted by molar-refractivity contribution is 5.43. The predicted molar refractivity (Wildman–Crippen MR) is 112 cm³/mol. The summed E-state index contributed by atoms with van der Waals surface area (Å²) in [6.45, 7) is 7.70. The van der Waals surface area contributed by atoms with Crippen LogP contribution in [0.3, 0.4) is 0 Å². The first-order valence-electron chi connectivity index (χ1n) is 9.57. The molecule has 0 aliphatic rings. The van der Waals surface area contributed by atoms with Gasteiger partial charge >= 0.3 is 0 Å². The normalized spacial score (nSPS) is 10.8. The van der Waals surface area contributed by atoms with Gasteiger partial charge in [0.25, 0.3) is 0 Å². The number of nitrogens with zero attached hydrogens (tertiary/aromatic N) is 1. The van der Waals surface area contributed by atoms with Crippen molar-refractivity contribution in [2.45, 2.75) is 40.5 Å². The van der Waals surface area contributed by atoms with Crippen LogP contribution in [-0.4, -0.2) is 19.4 Å². The van der Waals surface area contributed by atoms with E-state index in [1.54, 1.807) is 14.2 Å². The summed E-state index contributed by atoms with van der Waals surface area (Å²) in [5.41, 5.74) is 5.24. The monoisotopic (exact) mass is 396 g/mol. The number of methoxy groups -OCH3 is 2. The van der Waals surface area contributed by atoms with E-state index in [0.29, 0.717) is 18.1 Å². The highest BCUT2D eigenvalue weighted by Gasteiger charge is 2.12. The molecule has 0 saturated heterocycles. The molecule has 3 rings (SSSR count). The summed E-state index contributed by atoms with van der Waals surface area (Å²) in [5.74, 6) is 3.08. The topological polar surface area (TPSA) is 65.8 Å². The molecule has 2 aromatic carbocycles. The molecule has 0 amide bonds. The molecule has 0 saturated carbocycles. The van der Waals surface area contributed by atoms with Crippen LogP contribution in [0.15, 0.2) is 40.9 Å². The second-order valence-electron chi connectivity index (χ2n) is 6.98. The molecule has 0 radical (unpaired) electrons. The number of rotatable bonds is 9. The Balaban J connectivity index is 1.59. The van der Waals surface area contributed by atoms with Gasteiger partial charge in [0.2, 0.25) is 0 Å². The molecule has 0 spiro atoms. The van der Waals surface area contributed by atoms with Gasteiger partial charge in [0.1, 0.15) is 18.1 Å². The Bertz CT molecular complexity index is 946. The molecule has 0 aliphatic heterocycles. The quantitative estimate of drug-likeness (QED) is 0.575. The number of aryl methyl sites for hydroxylation is 3. The zero-order valence-corrected chi connectivity index (χ0v) is 17.7. The van der Waals surface area contributed by atoms with Crippen LogP contribution in [0.4, 0.5) is 0 Å². The van der Waals surface area contributed by atoms with E-state index in [1.165, 1.54) is 5.56 Å². The van der Waals surface area contributed by atoms with E-state index in [0.717, 1.165) is 47.0 Å². The number of hydrogen-bond donors (Lipinski definition) is 1. The van der Waals surface area contributed by atoms with Crippen LogP contribution in [0.1, 0.15) is 33.7 Å². The first-order valence-corrected chi connectivity index (χ1v) is 9.57. The Hall–Kier alpha value is -2.99. The van der Waals surface area contributed by atoms with Crippen LogP contribution in [-0.2, 0) is 19.7 Å². The zero-order chi connectivity index (χ0) is 20.8. The first-order chi connectivity index (χ1) is 14.0. The SMILES string of the molecule is COc1cc(CNCc2ccc(OCc3c(C)noc3C)c(OC)c2)ccc1C. The second kappa shape index (κ2) is 9.47. The fraction of sp³-hybridized carbons (Fsp3) is 0.348. The van der Waals surface area contributed by atoms with E-state index in [9.17, 15) is 0 Å². The molecule has 1 aromatic heterocycles. The molecule has 6 heteroatoms. The van der Waals surface area contributed by atoms with Crippen LogP contribution in [0, 0.1) is 20.8 Å². The Morgan fingerprint density at radius 2 is 1.52 bits per heavy atom. The lowest BCUT2D eigenvalue weighted by atomic mass is 10.1. The Morgan fingerprint density at radius 3 is 2.14 bits per heavy atom. The minimum absolute atomic E-state index is 0.393. The molecule has 1 N–H and O–H groups in total. The molecule has 154 valence electrons. The minimum Gasteiger partial charge on any atom is -0.496 e. The molecule has 6 nitrogen and oxygen atoms in total. The summed E-state index contributed by atoms with van der Waals surface area (Å²) in [5, 5.41) is 7.41. The van der Waals surface area contributed by atoms with E-state index >= 15 is 0 Å². The van der Waals surface area contributed by atoms with Crippen LogP contribution >= 0.6 is 0 Å². The Kier molecular flexibility index (Phi) is 6.77. The van der Waals surface area contributed by atoms with Gasteiger partial charge in [-0.3, -0.25) is 0 Å². The standard InChI is InChI=1S/C23H28N2O4/c1-15-6-7-18(10-22(15)26-4)12-24-13-19-8-9-21(23(11-19)27-5)28-14-20-16(2)25-29-17(20)3/h6-11,24H,12-14H2,1-5H3. The number of aromatic nitrogens is 1. The molecule has 0 unspecified atom stereocenters. The maximum Gasteiger partial charge on any atom is 0.161 e. The summed E-state index contributed by atoms with van der Waals surface area (Å²) in [7, 11) is 3.34. The third kappa shape index (κ3) is 5.09. The van der Waals surface area contributed by atoms with Gasteiger partial charge in [-0.2, -0.15) is 0 Å². The Labute approximate surface area is 171 Å². The van der Waals surface area contributed by atoms with Crippen molar-refractivity contribution in [2.75, 3.05) is 14.2 Å².